The fraction of sp³-hybridized carbons (Fsp3) is 0.636. The molecule has 0 saturated carbocycles. The van der Waals surface area contributed by atoms with Gasteiger partial charge in [-0.15, -0.1) is 12.3 Å². The third-order valence-corrected chi connectivity index (χ3v) is 2.02. The average molecular weight is 211 g/mol. The van der Waals surface area contributed by atoms with Crippen molar-refractivity contribution in [3.63, 3.8) is 0 Å². The topological polar surface area (TPSA) is 66.4 Å². The maximum atomic E-state index is 11.3. The number of carboxylic acid groups (broad SMARTS) is 1. The molecule has 0 spiro atoms. The molecule has 0 bridgehead atoms. The molecule has 1 atom stereocenters. The third-order valence-electron chi connectivity index (χ3n) is 2.02. The van der Waals surface area contributed by atoms with Gasteiger partial charge in [0.2, 0.25) is 5.91 Å². The molecular formula is C11H17NO3. The zero-order valence-corrected chi connectivity index (χ0v) is 8.95. The van der Waals surface area contributed by atoms with Gasteiger partial charge in [0, 0.05) is 12.8 Å². The molecule has 4 nitrogen and oxygen atoms in total. The lowest BCUT2D eigenvalue weighted by Crippen LogP contribution is -2.40. The van der Waals surface area contributed by atoms with Crippen LogP contribution < -0.4 is 5.32 Å². The lowest BCUT2D eigenvalue weighted by Gasteiger charge is -2.11. The highest BCUT2D eigenvalue weighted by atomic mass is 16.4. The number of aliphatic carboxylic acids is 1. The lowest BCUT2D eigenvalue weighted by molar-refractivity contribution is -0.141. The molecule has 0 aliphatic rings. The van der Waals surface area contributed by atoms with E-state index in [0.717, 1.165) is 6.42 Å². The van der Waals surface area contributed by atoms with Crippen LogP contribution in [0.25, 0.3) is 0 Å². The monoisotopic (exact) mass is 211 g/mol. The van der Waals surface area contributed by atoms with E-state index >= 15 is 0 Å². The van der Waals surface area contributed by atoms with E-state index in [9.17, 15) is 9.59 Å². The van der Waals surface area contributed by atoms with E-state index in [1.807, 2.05) is 0 Å². The first-order valence-corrected chi connectivity index (χ1v) is 5.07. The summed E-state index contributed by atoms with van der Waals surface area (Å²) in [6.45, 7) is 1.72. The van der Waals surface area contributed by atoms with Crippen LogP contribution in [0.15, 0.2) is 0 Å². The number of amides is 1. The van der Waals surface area contributed by atoms with E-state index in [0.29, 0.717) is 25.7 Å². The number of hydrogen-bond acceptors (Lipinski definition) is 2. The van der Waals surface area contributed by atoms with Crippen molar-refractivity contribution in [3.8, 4) is 12.3 Å². The highest BCUT2D eigenvalue weighted by molar-refractivity contribution is 5.83. The quantitative estimate of drug-likeness (QED) is 0.490. The van der Waals surface area contributed by atoms with E-state index in [2.05, 4.69) is 11.2 Å². The van der Waals surface area contributed by atoms with Crippen LogP contribution in [0.4, 0.5) is 0 Å². The molecule has 0 heterocycles. The Hall–Kier alpha value is -1.50. The number of unbranched alkanes of at least 4 members (excludes halogenated alkanes) is 2. The predicted molar refractivity (Wildman–Crippen MR) is 57.2 cm³/mol. The summed E-state index contributed by atoms with van der Waals surface area (Å²) < 4.78 is 0. The minimum atomic E-state index is -0.991. The van der Waals surface area contributed by atoms with Crippen LogP contribution in [0.1, 0.15) is 39.0 Å². The van der Waals surface area contributed by atoms with Gasteiger partial charge in [-0.1, -0.05) is 6.92 Å². The highest BCUT2D eigenvalue weighted by Gasteiger charge is 2.16. The van der Waals surface area contributed by atoms with Gasteiger partial charge < -0.3 is 10.4 Å². The molecule has 0 radical (unpaired) electrons. The summed E-state index contributed by atoms with van der Waals surface area (Å²) in [6, 6.07) is -0.773. The molecular weight excluding hydrogens is 194 g/mol. The molecule has 0 aromatic rings. The van der Waals surface area contributed by atoms with E-state index < -0.39 is 12.0 Å². The Balaban J connectivity index is 3.73. The van der Waals surface area contributed by atoms with Crippen molar-refractivity contribution in [2.24, 2.45) is 0 Å². The summed E-state index contributed by atoms with van der Waals surface area (Å²) >= 11 is 0. The van der Waals surface area contributed by atoms with Gasteiger partial charge in [-0.25, -0.2) is 4.79 Å². The maximum absolute atomic E-state index is 11.3. The normalized spacial score (nSPS) is 11.5. The molecule has 84 valence electrons. The van der Waals surface area contributed by atoms with Gasteiger partial charge in [-0.05, 0) is 19.3 Å². The minimum absolute atomic E-state index is 0.221. The number of terminal acetylenes is 1. The van der Waals surface area contributed by atoms with E-state index in [1.165, 1.54) is 0 Å². The molecule has 0 rings (SSSR count). The van der Waals surface area contributed by atoms with Crippen LogP contribution in [-0.4, -0.2) is 23.0 Å². The second-order valence-corrected chi connectivity index (χ2v) is 3.28. The SMILES string of the molecule is C#CCCCCC(=O)N[C@@H](CC)C(=O)O. The Bertz CT molecular complexity index is 255. The van der Waals surface area contributed by atoms with Crippen molar-refractivity contribution >= 4 is 11.9 Å². The Kier molecular flexibility index (Phi) is 7.08. The van der Waals surface area contributed by atoms with E-state index in [-0.39, 0.29) is 5.91 Å². The van der Waals surface area contributed by atoms with Crippen LogP contribution in [0.2, 0.25) is 0 Å². The standard InChI is InChI=1S/C11H17NO3/c1-3-5-6-7-8-10(13)12-9(4-2)11(14)15/h1,9H,4-8H2,2H3,(H,12,13)(H,14,15)/t9-/m0/s1. The molecule has 0 aliphatic carbocycles. The van der Waals surface area contributed by atoms with Crippen LogP contribution >= 0.6 is 0 Å². The molecule has 0 fully saturated rings. The first kappa shape index (κ1) is 13.5. The molecule has 0 unspecified atom stereocenters. The van der Waals surface area contributed by atoms with E-state index in [4.69, 9.17) is 11.5 Å². The van der Waals surface area contributed by atoms with Crippen LogP contribution in [0.3, 0.4) is 0 Å². The molecule has 15 heavy (non-hydrogen) atoms. The second-order valence-electron chi connectivity index (χ2n) is 3.28. The molecule has 4 heteroatoms. The first-order valence-electron chi connectivity index (χ1n) is 5.07. The minimum Gasteiger partial charge on any atom is -0.480 e. The maximum Gasteiger partial charge on any atom is 0.326 e. The number of carboxylic acids is 1. The Morgan fingerprint density at radius 2 is 2.13 bits per heavy atom. The number of carbonyl (C=O) groups is 2. The van der Waals surface area contributed by atoms with Crippen LogP contribution in [0, 0.1) is 12.3 Å². The molecule has 2 N–H and O–H groups in total. The zero-order valence-electron chi connectivity index (χ0n) is 8.95. The molecule has 0 saturated heterocycles. The largest absolute Gasteiger partial charge is 0.480 e. The fourth-order valence-corrected chi connectivity index (χ4v) is 1.12. The number of nitrogens with one attached hydrogen (secondary N) is 1. The lowest BCUT2D eigenvalue weighted by atomic mass is 10.1. The predicted octanol–water partition coefficient (Wildman–Crippen LogP) is 1.16. The van der Waals surface area contributed by atoms with E-state index in [1.54, 1.807) is 6.92 Å². The summed E-state index contributed by atoms with van der Waals surface area (Å²) in [5, 5.41) is 11.1. The third kappa shape index (κ3) is 6.55. The first-order chi connectivity index (χ1) is 7.11. The average Bonchev–Trinajstić information content (AvgIpc) is 2.20. The molecule has 0 aromatic heterocycles. The van der Waals surface area contributed by atoms with Gasteiger partial charge in [0.15, 0.2) is 0 Å². The number of rotatable bonds is 7. The Labute approximate surface area is 90.1 Å². The van der Waals surface area contributed by atoms with Gasteiger partial charge in [-0.2, -0.15) is 0 Å². The fourth-order valence-electron chi connectivity index (χ4n) is 1.12. The van der Waals surface area contributed by atoms with Gasteiger partial charge in [0.25, 0.3) is 0 Å². The Morgan fingerprint density at radius 3 is 2.60 bits per heavy atom. The van der Waals surface area contributed by atoms with Crippen molar-refractivity contribution in [1.29, 1.82) is 0 Å². The summed E-state index contributed by atoms with van der Waals surface area (Å²) in [7, 11) is 0. The molecule has 0 aliphatic heterocycles. The molecule has 0 aromatic carbocycles. The van der Waals surface area contributed by atoms with Crippen molar-refractivity contribution < 1.29 is 14.7 Å². The summed E-state index contributed by atoms with van der Waals surface area (Å²) in [6.07, 6.45) is 7.95. The summed E-state index contributed by atoms with van der Waals surface area (Å²) in [4.78, 5) is 21.9. The van der Waals surface area contributed by atoms with Gasteiger partial charge in [0.1, 0.15) is 6.04 Å². The second kappa shape index (κ2) is 7.86. The number of hydrogen-bond donors (Lipinski definition) is 2. The van der Waals surface area contributed by atoms with Gasteiger partial charge in [0.05, 0.1) is 0 Å². The Morgan fingerprint density at radius 1 is 1.47 bits per heavy atom. The molecule has 1 amide bonds. The van der Waals surface area contributed by atoms with Crippen molar-refractivity contribution in [2.45, 2.75) is 45.1 Å². The number of carbonyl (C=O) groups excluding carboxylic acids is 1. The van der Waals surface area contributed by atoms with Gasteiger partial charge >= 0.3 is 5.97 Å². The van der Waals surface area contributed by atoms with Crippen LogP contribution in [-0.2, 0) is 9.59 Å². The van der Waals surface area contributed by atoms with Crippen molar-refractivity contribution in [3.05, 3.63) is 0 Å². The van der Waals surface area contributed by atoms with Gasteiger partial charge in [-0.3, -0.25) is 4.79 Å². The van der Waals surface area contributed by atoms with Crippen molar-refractivity contribution in [1.82, 2.24) is 5.32 Å². The zero-order chi connectivity index (χ0) is 11.7. The van der Waals surface area contributed by atoms with Crippen molar-refractivity contribution in [2.75, 3.05) is 0 Å². The smallest absolute Gasteiger partial charge is 0.326 e. The highest BCUT2D eigenvalue weighted by Crippen LogP contribution is 2.00. The summed E-state index contributed by atoms with van der Waals surface area (Å²) in [5.74, 6) is 1.27. The van der Waals surface area contributed by atoms with Crippen LogP contribution in [0.5, 0.6) is 0 Å². The summed E-state index contributed by atoms with van der Waals surface area (Å²) in [5.41, 5.74) is 0.